The minimum absolute atomic E-state index is 0.160. The van der Waals surface area contributed by atoms with Gasteiger partial charge in [-0.05, 0) is 43.2 Å². The molecule has 0 bridgehead atoms. The van der Waals surface area contributed by atoms with E-state index in [1.165, 1.54) is 0 Å². The maximum absolute atomic E-state index is 14.1. The largest absolute Gasteiger partial charge is 0.292 e. The summed E-state index contributed by atoms with van der Waals surface area (Å²) in [6.07, 6.45) is 0. The third-order valence-corrected chi connectivity index (χ3v) is 9.40. The van der Waals surface area contributed by atoms with Crippen LogP contribution in [0.4, 0.5) is 0 Å². The highest BCUT2D eigenvalue weighted by molar-refractivity contribution is 7.93. The predicted octanol–water partition coefficient (Wildman–Crippen LogP) is 5.99. The number of hydrogen-bond donors (Lipinski definition) is 0. The van der Waals surface area contributed by atoms with Crippen molar-refractivity contribution in [2.45, 2.75) is 49.2 Å². The standard InChI is InChI=1S/C26H30O3SSi/c1-20-15-17-23(18-16-20)30(28,29)26(2,25(27)21-11-7-6-8-12-21)24-14-10-9-13-22(24)19-31(3,4)5/h6-18H,19H2,1-5H3. The van der Waals surface area contributed by atoms with Gasteiger partial charge in [-0.2, -0.15) is 0 Å². The molecule has 31 heavy (non-hydrogen) atoms. The SMILES string of the molecule is Cc1ccc(S(=O)(=O)C(C)(C(=O)c2ccccc2)c2ccccc2C[Si](C)(C)C)cc1. The van der Waals surface area contributed by atoms with Gasteiger partial charge in [0, 0.05) is 13.6 Å². The van der Waals surface area contributed by atoms with Gasteiger partial charge in [-0.3, -0.25) is 4.79 Å². The minimum Gasteiger partial charge on any atom is -0.292 e. The lowest BCUT2D eigenvalue weighted by Crippen LogP contribution is -2.42. The first kappa shape index (κ1) is 23.2. The van der Waals surface area contributed by atoms with Gasteiger partial charge >= 0.3 is 0 Å². The van der Waals surface area contributed by atoms with Gasteiger partial charge in [-0.15, -0.1) is 0 Å². The molecule has 0 saturated carbocycles. The number of hydrogen-bond acceptors (Lipinski definition) is 3. The average Bonchev–Trinajstić information content (AvgIpc) is 2.72. The summed E-state index contributed by atoms with van der Waals surface area (Å²) >= 11 is 0. The van der Waals surface area contributed by atoms with E-state index in [-0.39, 0.29) is 4.90 Å². The lowest BCUT2D eigenvalue weighted by molar-refractivity contribution is 0.0944. The van der Waals surface area contributed by atoms with E-state index in [1.807, 2.05) is 37.3 Å². The molecule has 3 nitrogen and oxygen atoms in total. The third kappa shape index (κ3) is 4.58. The quantitative estimate of drug-likeness (QED) is 0.328. The Labute approximate surface area is 187 Å². The number of carbonyl (C=O) groups excluding carboxylic acids is 1. The van der Waals surface area contributed by atoms with Gasteiger partial charge in [0.2, 0.25) is 0 Å². The fourth-order valence-electron chi connectivity index (χ4n) is 3.92. The molecule has 0 heterocycles. The van der Waals surface area contributed by atoms with Crippen molar-refractivity contribution in [2.24, 2.45) is 0 Å². The molecule has 0 amide bonds. The molecule has 3 rings (SSSR count). The van der Waals surface area contributed by atoms with E-state index in [0.29, 0.717) is 11.1 Å². The smallest absolute Gasteiger partial charge is 0.195 e. The molecule has 5 heteroatoms. The number of benzene rings is 3. The van der Waals surface area contributed by atoms with Crippen LogP contribution in [0.1, 0.15) is 34.0 Å². The van der Waals surface area contributed by atoms with Gasteiger partial charge in [0.05, 0.1) is 4.90 Å². The van der Waals surface area contributed by atoms with Crippen molar-refractivity contribution >= 4 is 23.7 Å². The summed E-state index contributed by atoms with van der Waals surface area (Å²) in [5.41, 5.74) is 2.87. The van der Waals surface area contributed by atoms with Gasteiger partial charge in [0.1, 0.15) is 0 Å². The topological polar surface area (TPSA) is 51.2 Å². The van der Waals surface area contributed by atoms with Crippen LogP contribution in [0, 0.1) is 6.92 Å². The fraction of sp³-hybridized carbons (Fsp3) is 0.269. The molecule has 0 aliphatic carbocycles. The van der Waals surface area contributed by atoms with Gasteiger partial charge < -0.3 is 0 Å². The van der Waals surface area contributed by atoms with E-state index >= 15 is 0 Å². The molecule has 0 spiro atoms. The van der Waals surface area contributed by atoms with Crippen molar-refractivity contribution in [2.75, 3.05) is 0 Å². The summed E-state index contributed by atoms with van der Waals surface area (Å²) in [7, 11) is -5.60. The monoisotopic (exact) mass is 450 g/mol. The highest BCUT2D eigenvalue weighted by Crippen LogP contribution is 2.40. The van der Waals surface area contributed by atoms with Crippen LogP contribution >= 0.6 is 0 Å². The molecule has 1 unspecified atom stereocenters. The number of rotatable bonds is 7. The van der Waals surface area contributed by atoms with Crippen molar-refractivity contribution in [3.8, 4) is 0 Å². The summed E-state index contributed by atoms with van der Waals surface area (Å²) in [5, 5.41) is 0. The van der Waals surface area contributed by atoms with Crippen LogP contribution in [-0.2, 0) is 20.6 Å². The maximum Gasteiger partial charge on any atom is 0.195 e. The molecule has 0 N–H and O–H groups in total. The lowest BCUT2D eigenvalue weighted by atomic mass is 9.88. The summed E-state index contributed by atoms with van der Waals surface area (Å²) in [6, 6.07) is 23.8. The molecule has 1 atom stereocenters. The molecule has 3 aromatic rings. The van der Waals surface area contributed by atoms with Crippen LogP contribution in [0.5, 0.6) is 0 Å². The van der Waals surface area contributed by atoms with Gasteiger partial charge in [0.15, 0.2) is 20.4 Å². The van der Waals surface area contributed by atoms with Gasteiger partial charge in [-0.1, -0.05) is 91.9 Å². The molecular weight excluding hydrogens is 420 g/mol. The maximum atomic E-state index is 14.1. The molecule has 0 aliphatic heterocycles. The van der Waals surface area contributed by atoms with Crippen LogP contribution in [0.2, 0.25) is 19.6 Å². The Morgan fingerprint density at radius 2 is 1.39 bits per heavy atom. The summed E-state index contributed by atoms with van der Waals surface area (Å²) in [4.78, 5) is 14.1. The normalized spacial score (nSPS) is 14.1. The fourth-order valence-corrected chi connectivity index (χ4v) is 7.19. The molecule has 3 aromatic carbocycles. The number of sulfone groups is 1. The Morgan fingerprint density at radius 1 is 0.839 bits per heavy atom. The second-order valence-corrected chi connectivity index (χ2v) is 17.2. The van der Waals surface area contributed by atoms with E-state index in [9.17, 15) is 13.2 Å². The Kier molecular flexibility index (Phi) is 6.39. The summed E-state index contributed by atoms with van der Waals surface area (Å²) < 4.78 is 26.4. The number of Topliss-reactive ketones (excluding diaryl/α,β-unsaturated/α-hetero) is 1. The zero-order valence-electron chi connectivity index (χ0n) is 18.8. The second kappa shape index (κ2) is 8.56. The molecule has 0 aromatic heterocycles. The molecule has 0 fully saturated rings. The highest BCUT2D eigenvalue weighted by atomic mass is 32.2. The number of ketones is 1. The zero-order valence-corrected chi connectivity index (χ0v) is 20.7. The van der Waals surface area contributed by atoms with Gasteiger partial charge in [0.25, 0.3) is 0 Å². The van der Waals surface area contributed by atoms with Crippen molar-refractivity contribution < 1.29 is 13.2 Å². The first-order chi connectivity index (χ1) is 14.5. The van der Waals surface area contributed by atoms with Crippen molar-refractivity contribution in [1.82, 2.24) is 0 Å². The van der Waals surface area contributed by atoms with E-state index in [4.69, 9.17) is 0 Å². The van der Waals surface area contributed by atoms with Gasteiger partial charge in [-0.25, -0.2) is 8.42 Å². The van der Waals surface area contributed by atoms with E-state index in [1.54, 1.807) is 55.5 Å². The molecular formula is C26H30O3SSi. The highest BCUT2D eigenvalue weighted by Gasteiger charge is 2.50. The van der Waals surface area contributed by atoms with Crippen molar-refractivity contribution in [3.63, 3.8) is 0 Å². The minimum atomic E-state index is -4.03. The van der Waals surface area contributed by atoms with E-state index in [0.717, 1.165) is 17.2 Å². The van der Waals surface area contributed by atoms with Crippen LogP contribution in [0.15, 0.2) is 83.8 Å². The Morgan fingerprint density at radius 3 is 1.97 bits per heavy atom. The number of carbonyl (C=O) groups is 1. The molecule has 0 aliphatic rings. The van der Waals surface area contributed by atoms with Crippen LogP contribution < -0.4 is 0 Å². The van der Waals surface area contributed by atoms with Crippen LogP contribution in [0.25, 0.3) is 0 Å². The average molecular weight is 451 g/mol. The first-order valence-corrected chi connectivity index (χ1v) is 15.7. The zero-order chi connectivity index (χ0) is 22.9. The van der Waals surface area contributed by atoms with E-state index in [2.05, 4.69) is 19.6 Å². The van der Waals surface area contributed by atoms with Crippen molar-refractivity contribution in [3.05, 3.63) is 101 Å². The lowest BCUT2D eigenvalue weighted by Gasteiger charge is -2.32. The summed E-state index contributed by atoms with van der Waals surface area (Å²) in [5.74, 6) is -0.406. The van der Waals surface area contributed by atoms with Crippen LogP contribution in [0.3, 0.4) is 0 Å². The molecule has 0 saturated heterocycles. The third-order valence-electron chi connectivity index (χ3n) is 5.59. The van der Waals surface area contributed by atoms with Crippen molar-refractivity contribution in [1.29, 1.82) is 0 Å². The Hall–Kier alpha value is -2.50. The predicted molar refractivity (Wildman–Crippen MR) is 130 cm³/mol. The Balaban J connectivity index is 2.31. The van der Waals surface area contributed by atoms with Crippen LogP contribution in [-0.4, -0.2) is 22.3 Å². The Bertz CT molecular complexity index is 1180. The molecule has 0 radical (unpaired) electrons. The number of aryl methyl sites for hydroxylation is 1. The first-order valence-electron chi connectivity index (χ1n) is 10.5. The van der Waals surface area contributed by atoms with E-state index < -0.39 is 28.4 Å². The molecule has 162 valence electrons. The second-order valence-electron chi connectivity index (χ2n) is 9.44. The summed E-state index contributed by atoms with van der Waals surface area (Å²) in [6.45, 7) is 10.2.